The lowest BCUT2D eigenvalue weighted by Crippen LogP contribution is -2.16. The molecule has 0 amide bonds. The van der Waals surface area contributed by atoms with Gasteiger partial charge in [0.2, 0.25) is 0 Å². The van der Waals surface area contributed by atoms with Crippen LogP contribution in [0.3, 0.4) is 0 Å². The molecule has 236 valence electrons. The van der Waals surface area contributed by atoms with Crippen LogP contribution in [0.4, 0.5) is 0 Å². The molecule has 3 N–H and O–H groups in total. The van der Waals surface area contributed by atoms with E-state index in [0.717, 1.165) is 22.3 Å². The van der Waals surface area contributed by atoms with Crippen LogP contribution in [0.15, 0.2) is 181 Å². The summed E-state index contributed by atoms with van der Waals surface area (Å²) in [4.78, 5) is 4.50. The summed E-state index contributed by atoms with van der Waals surface area (Å²) < 4.78 is 2.45. The van der Waals surface area contributed by atoms with Crippen LogP contribution in [0.5, 0.6) is 0 Å². The zero-order chi connectivity index (χ0) is 33.6. The van der Waals surface area contributed by atoms with E-state index in [9.17, 15) is 0 Å². The molecule has 0 radical (unpaired) electrons. The zero-order valence-electron chi connectivity index (χ0n) is 27.2. The van der Waals surface area contributed by atoms with Gasteiger partial charge in [-0.3, -0.25) is 5.41 Å². The molecule has 1 heterocycles. The Labute approximate surface area is 291 Å². The Morgan fingerprint density at radius 3 is 1.76 bits per heavy atom. The van der Waals surface area contributed by atoms with Gasteiger partial charge in [-0.15, -0.1) is 11.3 Å². The molecule has 49 heavy (non-hydrogen) atoms. The highest BCUT2D eigenvalue weighted by Crippen LogP contribution is 2.42. The van der Waals surface area contributed by atoms with Crippen LogP contribution in [-0.4, -0.2) is 11.7 Å². The van der Waals surface area contributed by atoms with E-state index in [2.05, 4.69) is 115 Å². The van der Waals surface area contributed by atoms with Crippen molar-refractivity contribution in [2.24, 2.45) is 10.7 Å². The summed E-state index contributed by atoms with van der Waals surface area (Å²) in [5, 5.41) is 11.3. The summed E-state index contributed by atoms with van der Waals surface area (Å²) in [5.74, 6) is 0.472. The second-order valence-corrected chi connectivity index (χ2v) is 12.9. The average molecular weight is 650 g/mol. The molecule has 0 unspecified atom stereocenters. The van der Waals surface area contributed by atoms with E-state index in [1.165, 1.54) is 48.0 Å². The lowest BCUT2D eigenvalue weighted by atomic mass is 9.94. The van der Waals surface area contributed by atoms with Crippen molar-refractivity contribution in [1.82, 2.24) is 0 Å². The van der Waals surface area contributed by atoms with E-state index in [1.807, 2.05) is 72.8 Å². The van der Waals surface area contributed by atoms with Crippen molar-refractivity contribution in [2.45, 2.75) is 6.92 Å². The molecule has 0 aliphatic carbocycles. The highest BCUT2D eigenvalue weighted by molar-refractivity contribution is 7.26. The van der Waals surface area contributed by atoms with Crippen molar-refractivity contribution in [3.8, 4) is 33.4 Å². The Morgan fingerprint density at radius 2 is 1.08 bits per heavy atom. The van der Waals surface area contributed by atoms with Crippen molar-refractivity contribution in [1.29, 1.82) is 5.41 Å². The Morgan fingerprint density at radius 1 is 0.531 bits per heavy atom. The van der Waals surface area contributed by atoms with Crippen LogP contribution in [0.1, 0.15) is 16.7 Å². The molecule has 1 aromatic heterocycles. The Kier molecular flexibility index (Phi) is 9.22. The fourth-order valence-corrected chi connectivity index (χ4v) is 7.14. The summed E-state index contributed by atoms with van der Waals surface area (Å²) in [6.07, 6.45) is 0. The van der Waals surface area contributed by atoms with Gasteiger partial charge in [-0.1, -0.05) is 163 Å². The minimum absolute atomic E-state index is 0.141. The maximum Gasteiger partial charge on any atom is 0.154 e. The second kappa shape index (κ2) is 14.3. The number of hydrogen-bond acceptors (Lipinski definition) is 2. The number of hydrogen-bond donors (Lipinski definition) is 2. The van der Waals surface area contributed by atoms with Crippen molar-refractivity contribution in [3.63, 3.8) is 0 Å². The standard InChI is InChI=1S/C38H27N3S.C7H8/c39-37(28-12-5-2-6-13-28)41-38(40)32-15-8-7-14-30(32)31-16-9-17-35-36(31)33-24-29(22-23-34(33)42-35)27-20-18-26(19-21-27)25-10-3-1-4-11-25;1-7-5-3-2-4-6-7/h1-24H,(H3,39,40,41);2-6H,1H3. The third-order valence-electron chi connectivity index (χ3n) is 8.54. The predicted molar refractivity (Wildman–Crippen MR) is 211 cm³/mol. The van der Waals surface area contributed by atoms with Crippen LogP contribution >= 0.6 is 11.3 Å². The Balaban J connectivity index is 0.000000483. The van der Waals surface area contributed by atoms with E-state index in [4.69, 9.17) is 11.1 Å². The van der Waals surface area contributed by atoms with Gasteiger partial charge in [0.25, 0.3) is 0 Å². The number of aryl methyl sites for hydroxylation is 1. The maximum absolute atomic E-state index is 8.89. The molecule has 0 saturated heterocycles. The van der Waals surface area contributed by atoms with Gasteiger partial charge in [-0.25, -0.2) is 4.99 Å². The lowest BCUT2D eigenvalue weighted by Gasteiger charge is -2.11. The number of fused-ring (bicyclic) bond motifs is 3. The Bertz CT molecular complexity index is 2390. The predicted octanol–water partition coefficient (Wildman–Crippen LogP) is 11.8. The van der Waals surface area contributed by atoms with Gasteiger partial charge < -0.3 is 5.73 Å². The number of nitrogens with zero attached hydrogens (tertiary/aromatic N) is 1. The van der Waals surface area contributed by atoms with Gasteiger partial charge in [0, 0.05) is 31.3 Å². The van der Waals surface area contributed by atoms with Crippen molar-refractivity contribution >= 4 is 43.2 Å². The molecule has 0 bridgehead atoms. The number of nitrogens with one attached hydrogen (secondary N) is 1. The fourth-order valence-electron chi connectivity index (χ4n) is 6.03. The first kappa shape index (κ1) is 31.5. The summed E-state index contributed by atoms with van der Waals surface area (Å²) in [6.45, 7) is 2.08. The van der Waals surface area contributed by atoms with Crippen LogP contribution in [0, 0.1) is 12.3 Å². The van der Waals surface area contributed by atoms with Crippen molar-refractivity contribution in [2.75, 3.05) is 0 Å². The lowest BCUT2D eigenvalue weighted by molar-refractivity contribution is 1.40. The molecule has 0 spiro atoms. The summed E-state index contributed by atoms with van der Waals surface area (Å²) in [7, 11) is 0. The normalized spacial score (nSPS) is 11.2. The van der Waals surface area contributed by atoms with Gasteiger partial charge in [0.15, 0.2) is 5.84 Å². The van der Waals surface area contributed by atoms with Crippen LogP contribution < -0.4 is 5.73 Å². The van der Waals surface area contributed by atoms with Gasteiger partial charge in [-0.2, -0.15) is 0 Å². The smallest absolute Gasteiger partial charge is 0.154 e. The van der Waals surface area contributed by atoms with E-state index < -0.39 is 0 Å². The van der Waals surface area contributed by atoms with E-state index >= 15 is 0 Å². The first-order valence-electron chi connectivity index (χ1n) is 16.3. The number of rotatable bonds is 5. The molecular weight excluding hydrogens is 615 g/mol. The van der Waals surface area contributed by atoms with E-state index in [-0.39, 0.29) is 5.84 Å². The number of amidine groups is 2. The minimum Gasteiger partial charge on any atom is -0.383 e. The van der Waals surface area contributed by atoms with E-state index in [1.54, 1.807) is 11.3 Å². The molecule has 8 aromatic rings. The van der Waals surface area contributed by atoms with Crippen LogP contribution in [0.25, 0.3) is 53.6 Å². The third-order valence-corrected chi connectivity index (χ3v) is 9.67. The number of aliphatic imine (C=N–C) groups is 1. The second-order valence-electron chi connectivity index (χ2n) is 11.8. The number of benzene rings is 7. The van der Waals surface area contributed by atoms with Crippen LogP contribution in [-0.2, 0) is 0 Å². The maximum atomic E-state index is 8.89. The molecule has 4 heteroatoms. The SMILES string of the molecule is Cc1ccccc1.N=C(N=C(N)c1ccccc1)c1ccccc1-c1cccc2sc3ccc(-c4ccc(-c5ccccc5)cc4)cc3c12. The molecule has 8 rings (SSSR count). The molecule has 3 nitrogen and oxygen atoms in total. The van der Waals surface area contributed by atoms with E-state index in [0.29, 0.717) is 5.84 Å². The summed E-state index contributed by atoms with van der Waals surface area (Å²) in [5.41, 5.74) is 16.0. The molecule has 0 aliphatic heterocycles. The number of nitrogens with two attached hydrogens (primary N) is 1. The van der Waals surface area contributed by atoms with Gasteiger partial charge in [0.05, 0.1) is 0 Å². The molecule has 0 atom stereocenters. The first-order valence-corrected chi connectivity index (χ1v) is 17.1. The molecule has 0 saturated carbocycles. The Hall–Kier alpha value is -6.10. The zero-order valence-corrected chi connectivity index (χ0v) is 28.0. The quantitative estimate of drug-likeness (QED) is 0.141. The topological polar surface area (TPSA) is 62.2 Å². The van der Waals surface area contributed by atoms with Crippen LogP contribution in [0.2, 0.25) is 0 Å². The average Bonchev–Trinajstić information content (AvgIpc) is 3.54. The fraction of sp³-hybridized carbons (Fsp3) is 0.0222. The highest BCUT2D eigenvalue weighted by Gasteiger charge is 2.16. The minimum atomic E-state index is 0.141. The van der Waals surface area contributed by atoms with Gasteiger partial charge in [0.1, 0.15) is 5.84 Å². The molecule has 0 aliphatic rings. The van der Waals surface area contributed by atoms with Gasteiger partial charge >= 0.3 is 0 Å². The van der Waals surface area contributed by atoms with Crippen molar-refractivity contribution < 1.29 is 0 Å². The summed E-state index contributed by atoms with van der Waals surface area (Å²) in [6, 6.07) is 60.2. The number of thiophene rings is 1. The summed E-state index contributed by atoms with van der Waals surface area (Å²) >= 11 is 1.80. The first-order chi connectivity index (χ1) is 24.0. The molecule has 0 fully saturated rings. The monoisotopic (exact) mass is 649 g/mol. The third kappa shape index (κ3) is 6.96. The highest BCUT2D eigenvalue weighted by atomic mass is 32.1. The van der Waals surface area contributed by atoms with Gasteiger partial charge in [-0.05, 0) is 58.5 Å². The van der Waals surface area contributed by atoms with Crippen molar-refractivity contribution in [3.05, 3.63) is 193 Å². The largest absolute Gasteiger partial charge is 0.383 e. The molecule has 7 aromatic carbocycles. The molecular formula is C45H35N3S.